The molecule has 0 heterocycles. The summed E-state index contributed by atoms with van der Waals surface area (Å²) in [5, 5.41) is 0. The van der Waals surface area contributed by atoms with Crippen molar-refractivity contribution in [3.8, 4) is 0 Å². The van der Waals surface area contributed by atoms with Crippen molar-refractivity contribution in [1.29, 1.82) is 0 Å². The second-order valence-corrected chi connectivity index (χ2v) is 5.70. The van der Waals surface area contributed by atoms with Gasteiger partial charge in [0.15, 0.2) is 0 Å². The molecule has 0 radical (unpaired) electrons. The average Bonchev–Trinajstić information content (AvgIpc) is 2.14. The molecule has 0 amide bonds. The summed E-state index contributed by atoms with van der Waals surface area (Å²) in [5.41, 5.74) is 0.259. The van der Waals surface area contributed by atoms with E-state index in [1.807, 2.05) is 0 Å². The smallest absolute Gasteiger partial charge is 0.166 e. The van der Waals surface area contributed by atoms with E-state index in [0.29, 0.717) is 5.75 Å². The molecule has 0 unspecified atom stereocenters. The Morgan fingerprint density at radius 3 is 2.14 bits per heavy atom. The van der Waals surface area contributed by atoms with Crippen LogP contribution >= 0.6 is 32.3 Å². The lowest BCUT2D eigenvalue weighted by Crippen LogP contribution is -2.04. The molecule has 0 fully saturated rings. The monoisotopic (exact) mass is 256 g/mol. The zero-order valence-corrected chi connectivity index (χ0v) is 9.44. The molecule has 0 bridgehead atoms. The van der Waals surface area contributed by atoms with Crippen molar-refractivity contribution in [2.24, 2.45) is 0 Å². The summed E-state index contributed by atoms with van der Waals surface area (Å²) >= 11 is 3.92. The number of rotatable bonds is 3. The Hall–Kier alpha value is 0.0600. The highest BCUT2D eigenvalue weighted by Crippen LogP contribution is 2.31. The van der Waals surface area contributed by atoms with Crippen molar-refractivity contribution >= 4 is 32.3 Å². The minimum Gasteiger partial charge on any atom is -0.166 e. The molecule has 14 heavy (non-hydrogen) atoms. The van der Waals surface area contributed by atoms with E-state index >= 15 is 0 Å². The van der Waals surface area contributed by atoms with E-state index in [1.165, 1.54) is 32.8 Å². The van der Waals surface area contributed by atoms with Crippen LogP contribution in [0.4, 0.5) is 13.2 Å². The minimum atomic E-state index is -4.25. The third kappa shape index (κ3) is 3.67. The van der Waals surface area contributed by atoms with E-state index in [4.69, 9.17) is 0 Å². The van der Waals surface area contributed by atoms with Crippen LogP contribution in [0.1, 0.15) is 11.1 Å². The van der Waals surface area contributed by atoms with Crippen molar-refractivity contribution in [2.75, 3.05) is 0 Å². The summed E-state index contributed by atoms with van der Waals surface area (Å²) in [6.45, 7) is 0. The number of hydrogen-bond acceptors (Lipinski definition) is 3. The van der Waals surface area contributed by atoms with E-state index in [9.17, 15) is 13.2 Å². The fraction of sp³-hybridized carbons (Fsp3) is 0.250. The van der Waals surface area contributed by atoms with Gasteiger partial charge in [0.05, 0.1) is 5.56 Å². The third-order valence-corrected chi connectivity index (χ3v) is 3.73. The predicted octanol–water partition coefficient (Wildman–Crippen LogP) is 4.43. The van der Waals surface area contributed by atoms with Crippen LogP contribution in [0, 0.1) is 0 Å². The van der Waals surface area contributed by atoms with E-state index in [0.717, 1.165) is 17.7 Å². The van der Waals surface area contributed by atoms with Crippen LogP contribution in [-0.4, -0.2) is 0 Å². The molecule has 1 rings (SSSR count). The number of hydrogen-bond donors (Lipinski definition) is 1. The highest BCUT2D eigenvalue weighted by Gasteiger charge is 2.29. The molecule has 1 aromatic carbocycles. The highest BCUT2D eigenvalue weighted by molar-refractivity contribution is 9.05. The highest BCUT2D eigenvalue weighted by atomic mass is 33.5. The van der Waals surface area contributed by atoms with Gasteiger partial charge in [-0.3, -0.25) is 0 Å². The van der Waals surface area contributed by atoms with Crippen LogP contribution in [0.2, 0.25) is 0 Å². The summed E-state index contributed by atoms with van der Waals surface area (Å²) in [5.74, 6) is 0.659. The minimum absolute atomic E-state index is 0.607. The SMILES string of the molecule is FC(F)(F)c1ccc(CSSS)cc1. The standard InChI is InChI=1S/C8H7F3S3/c9-8(10,11)7-3-1-6(2-4-7)5-13-14-12/h1-4,12H,5H2. The lowest BCUT2D eigenvalue weighted by molar-refractivity contribution is -0.137. The molecule has 0 aliphatic heterocycles. The van der Waals surface area contributed by atoms with Gasteiger partial charge in [0, 0.05) is 5.75 Å². The molecule has 0 aliphatic rings. The van der Waals surface area contributed by atoms with Gasteiger partial charge in [-0.25, -0.2) is 0 Å². The van der Waals surface area contributed by atoms with Gasteiger partial charge in [-0.15, -0.1) is 0 Å². The maximum Gasteiger partial charge on any atom is 0.416 e. The van der Waals surface area contributed by atoms with Gasteiger partial charge < -0.3 is 0 Å². The molecule has 0 saturated carbocycles. The molecule has 0 aromatic heterocycles. The van der Waals surface area contributed by atoms with Crippen LogP contribution in [-0.2, 0) is 11.9 Å². The Morgan fingerprint density at radius 2 is 1.71 bits per heavy atom. The molecule has 0 spiro atoms. The summed E-state index contributed by atoms with van der Waals surface area (Å²) in [4.78, 5) is 0. The van der Waals surface area contributed by atoms with Crippen molar-refractivity contribution in [1.82, 2.24) is 0 Å². The van der Waals surface area contributed by atoms with E-state index in [2.05, 4.69) is 11.7 Å². The van der Waals surface area contributed by atoms with Gasteiger partial charge in [-0.2, -0.15) is 13.2 Å². The maximum atomic E-state index is 12.2. The van der Waals surface area contributed by atoms with Crippen LogP contribution < -0.4 is 0 Å². The first-order valence-electron chi connectivity index (χ1n) is 3.63. The molecule has 0 nitrogen and oxygen atoms in total. The molecule has 6 heteroatoms. The van der Waals surface area contributed by atoms with Gasteiger partial charge >= 0.3 is 6.18 Å². The van der Waals surface area contributed by atoms with Gasteiger partial charge in [-0.1, -0.05) is 34.6 Å². The summed E-state index contributed by atoms with van der Waals surface area (Å²) in [6.07, 6.45) is -4.25. The molecule has 0 atom stereocenters. The topological polar surface area (TPSA) is 0 Å². The van der Waals surface area contributed by atoms with Crippen molar-refractivity contribution in [3.63, 3.8) is 0 Å². The quantitative estimate of drug-likeness (QED) is 0.627. The molecular weight excluding hydrogens is 249 g/mol. The van der Waals surface area contributed by atoms with Crippen LogP contribution in [0.25, 0.3) is 0 Å². The largest absolute Gasteiger partial charge is 0.416 e. The first-order chi connectivity index (χ1) is 6.54. The van der Waals surface area contributed by atoms with Crippen molar-refractivity contribution in [2.45, 2.75) is 11.9 Å². The zero-order chi connectivity index (χ0) is 10.6. The average molecular weight is 256 g/mol. The summed E-state index contributed by atoms with van der Waals surface area (Å²) in [6, 6.07) is 5.16. The van der Waals surface area contributed by atoms with Gasteiger partial charge in [0.1, 0.15) is 0 Å². The van der Waals surface area contributed by atoms with Crippen LogP contribution in [0.5, 0.6) is 0 Å². The number of thiol groups is 1. The first-order valence-corrected chi connectivity index (χ1v) is 7.00. The van der Waals surface area contributed by atoms with Gasteiger partial charge in [0.25, 0.3) is 0 Å². The second-order valence-electron chi connectivity index (χ2n) is 2.53. The maximum absolute atomic E-state index is 12.2. The first kappa shape index (κ1) is 12.1. The van der Waals surface area contributed by atoms with Crippen LogP contribution in [0.3, 0.4) is 0 Å². The summed E-state index contributed by atoms with van der Waals surface area (Å²) < 4.78 is 36.5. The lowest BCUT2D eigenvalue weighted by Gasteiger charge is -2.06. The Balaban J connectivity index is 2.69. The van der Waals surface area contributed by atoms with E-state index in [1.54, 1.807) is 0 Å². The molecule has 0 saturated heterocycles. The molecule has 1 aromatic rings. The van der Waals surface area contributed by atoms with Crippen molar-refractivity contribution < 1.29 is 13.2 Å². The lowest BCUT2D eigenvalue weighted by atomic mass is 10.1. The Morgan fingerprint density at radius 1 is 1.14 bits per heavy atom. The second kappa shape index (κ2) is 5.23. The van der Waals surface area contributed by atoms with E-state index in [-0.39, 0.29) is 0 Å². The Labute approximate surface area is 92.9 Å². The Bertz CT molecular complexity index is 281. The third-order valence-electron chi connectivity index (χ3n) is 1.56. The van der Waals surface area contributed by atoms with Crippen molar-refractivity contribution in [3.05, 3.63) is 35.4 Å². The molecular formula is C8H7F3S3. The number of alkyl halides is 3. The molecule has 78 valence electrons. The van der Waals surface area contributed by atoms with Crippen LogP contribution in [0.15, 0.2) is 24.3 Å². The van der Waals surface area contributed by atoms with Gasteiger partial charge in [0.2, 0.25) is 0 Å². The zero-order valence-electron chi connectivity index (χ0n) is 6.91. The Kier molecular flexibility index (Phi) is 4.53. The number of halogens is 3. The van der Waals surface area contributed by atoms with E-state index < -0.39 is 11.7 Å². The predicted molar refractivity (Wildman–Crippen MR) is 59.3 cm³/mol. The number of benzene rings is 1. The fourth-order valence-corrected chi connectivity index (χ4v) is 2.31. The normalized spacial score (nSPS) is 11.7. The fourth-order valence-electron chi connectivity index (χ4n) is 0.884. The summed E-state index contributed by atoms with van der Waals surface area (Å²) in [7, 11) is 2.77. The molecule has 0 aliphatic carbocycles. The van der Waals surface area contributed by atoms with Gasteiger partial charge in [-0.05, 0) is 27.5 Å². The molecule has 0 N–H and O–H groups in total.